The van der Waals surface area contributed by atoms with Crippen LogP contribution in [-0.2, 0) is 18.4 Å². The van der Waals surface area contributed by atoms with Crippen molar-refractivity contribution in [2.75, 3.05) is 24.2 Å². The van der Waals surface area contributed by atoms with E-state index in [1.54, 1.807) is 17.3 Å². The maximum Gasteiger partial charge on any atom is 0.234 e. The average Bonchev–Trinajstić information content (AvgIpc) is 3.38. The minimum absolute atomic E-state index is 0.0543. The van der Waals surface area contributed by atoms with Gasteiger partial charge in [-0.05, 0) is 24.3 Å². The van der Waals surface area contributed by atoms with Crippen molar-refractivity contribution < 1.29 is 9.69 Å². The van der Waals surface area contributed by atoms with Gasteiger partial charge in [-0.25, -0.2) is 0 Å². The summed E-state index contributed by atoms with van der Waals surface area (Å²) in [6.07, 6.45) is 6.11. The first-order valence-corrected chi connectivity index (χ1v) is 10.8. The Morgan fingerprint density at radius 3 is 2.55 bits per heavy atom. The number of thioether (sulfide) groups is 1. The Morgan fingerprint density at radius 1 is 1.10 bits per heavy atom. The van der Waals surface area contributed by atoms with E-state index >= 15 is 0 Å². The highest BCUT2D eigenvalue weighted by Crippen LogP contribution is 2.22. The van der Waals surface area contributed by atoms with Crippen LogP contribution in [0.2, 0.25) is 0 Å². The molecule has 1 saturated heterocycles. The van der Waals surface area contributed by atoms with Gasteiger partial charge >= 0.3 is 0 Å². The second-order valence-corrected chi connectivity index (χ2v) is 8.21. The summed E-state index contributed by atoms with van der Waals surface area (Å²) < 4.78 is 1.89. The van der Waals surface area contributed by atoms with Crippen LogP contribution in [-0.4, -0.2) is 44.5 Å². The minimum Gasteiger partial charge on any atom is -0.331 e. The van der Waals surface area contributed by atoms with E-state index in [0.717, 1.165) is 23.6 Å². The molecule has 4 rings (SSSR count). The van der Waals surface area contributed by atoms with E-state index in [1.165, 1.54) is 43.3 Å². The lowest BCUT2D eigenvalue weighted by molar-refractivity contribution is -0.901. The summed E-state index contributed by atoms with van der Waals surface area (Å²) in [6, 6.07) is 12.0. The Kier molecular flexibility index (Phi) is 6.21. The van der Waals surface area contributed by atoms with E-state index in [4.69, 9.17) is 0 Å². The number of anilines is 1. The number of likely N-dealkylation sites (tertiary alicyclic amines) is 1. The first-order chi connectivity index (χ1) is 14.2. The molecule has 1 aromatic carbocycles. The Hall–Kier alpha value is -2.71. The number of amides is 1. The third-order valence-corrected chi connectivity index (χ3v) is 6.13. The quantitative estimate of drug-likeness (QED) is 0.582. The molecule has 3 heterocycles. The molecule has 8 heteroatoms. The number of rotatable bonds is 7. The van der Waals surface area contributed by atoms with Crippen molar-refractivity contribution in [3.05, 3.63) is 54.4 Å². The van der Waals surface area contributed by atoms with E-state index in [1.807, 2.05) is 35.9 Å². The fourth-order valence-corrected chi connectivity index (χ4v) is 4.28. The van der Waals surface area contributed by atoms with Gasteiger partial charge in [-0.2, -0.15) is 0 Å². The fourth-order valence-electron chi connectivity index (χ4n) is 3.57. The molecule has 1 fully saturated rings. The van der Waals surface area contributed by atoms with Crippen molar-refractivity contribution in [2.24, 2.45) is 7.05 Å². The zero-order valence-electron chi connectivity index (χ0n) is 16.5. The summed E-state index contributed by atoms with van der Waals surface area (Å²) in [4.78, 5) is 18.0. The van der Waals surface area contributed by atoms with Crippen LogP contribution in [0.3, 0.4) is 0 Å². The predicted molar refractivity (Wildman–Crippen MR) is 114 cm³/mol. The first-order valence-electron chi connectivity index (χ1n) is 9.84. The van der Waals surface area contributed by atoms with Gasteiger partial charge in [-0.15, -0.1) is 10.2 Å². The molecule has 0 atom stereocenters. The van der Waals surface area contributed by atoms with Crippen LogP contribution in [0, 0.1) is 0 Å². The summed E-state index contributed by atoms with van der Waals surface area (Å²) >= 11 is 1.37. The topological polar surface area (TPSA) is 77.1 Å². The highest BCUT2D eigenvalue weighted by molar-refractivity contribution is 7.99. The van der Waals surface area contributed by atoms with Gasteiger partial charge in [0, 0.05) is 49.1 Å². The number of nitrogens with one attached hydrogen (secondary N) is 2. The van der Waals surface area contributed by atoms with E-state index in [9.17, 15) is 4.79 Å². The molecule has 1 amide bonds. The SMILES string of the molecule is Cn1c(SCC(=O)Nc2ccc(C[NH+]3CCCC3)cc2)nnc1-c1ccncc1. The van der Waals surface area contributed by atoms with Crippen LogP contribution < -0.4 is 10.2 Å². The summed E-state index contributed by atoms with van der Waals surface area (Å²) in [5.41, 5.74) is 3.09. The van der Waals surface area contributed by atoms with E-state index in [2.05, 4.69) is 32.6 Å². The third-order valence-electron chi connectivity index (χ3n) is 5.11. The molecule has 0 spiro atoms. The minimum atomic E-state index is -0.0543. The van der Waals surface area contributed by atoms with Gasteiger partial charge in [0.1, 0.15) is 6.54 Å². The number of quaternary nitrogens is 1. The molecule has 0 bridgehead atoms. The van der Waals surface area contributed by atoms with Crippen LogP contribution in [0.5, 0.6) is 0 Å². The molecular formula is C21H25N6OS+. The number of aromatic nitrogens is 4. The smallest absolute Gasteiger partial charge is 0.234 e. The first kappa shape index (κ1) is 19.6. The maximum atomic E-state index is 12.3. The lowest BCUT2D eigenvalue weighted by Gasteiger charge is -2.12. The van der Waals surface area contributed by atoms with Gasteiger partial charge in [0.25, 0.3) is 0 Å². The van der Waals surface area contributed by atoms with Crippen LogP contribution >= 0.6 is 11.8 Å². The second-order valence-electron chi connectivity index (χ2n) is 7.27. The van der Waals surface area contributed by atoms with Crippen molar-refractivity contribution in [2.45, 2.75) is 24.5 Å². The predicted octanol–water partition coefficient (Wildman–Crippen LogP) is 1.79. The molecule has 1 aliphatic rings. The van der Waals surface area contributed by atoms with Crippen LogP contribution in [0.25, 0.3) is 11.4 Å². The largest absolute Gasteiger partial charge is 0.331 e. The number of hydrogen-bond donors (Lipinski definition) is 2. The number of pyridine rings is 1. The summed E-state index contributed by atoms with van der Waals surface area (Å²) in [5.74, 6) is 0.981. The number of carbonyl (C=O) groups excluding carboxylic acids is 1. The lowest BCUT2D eigenvalue weighted by atomic mass is 10.2. The third kappa shape index (κ3) is 5.02. The Balaban J connectivity index is 1.29. The lowest BCUT2D eigenvalue weighted by Crippen LogP contribution is -3.08. The number of carbonyl (C=O) groups is 1. The molecule has 1 aliphatic heterocycles. The van der Waals surface area contributed by atoms with E-state index < -0.39 is 0 Å². The van der Waals surface area contributed by atoms with Crippen molar-refractivity contribution in [1.29, 1.82) is 0 Å². The molecule has 29 heavy (non-hydrogen) atoms. The molecule has 0 saturated carbocycles. The molecule has 150 valence electrons. The highest BCUT2D eigenvalue weighted by Gasteiger charge is 2.16. The Labute approximate surface area is 174 Å². The molecular weight excluding hydrogens is 384 g/mol. The van der Waals surface area contributed by atoms with Crippen molar-refractivity contribution in [3.63, 3.8) is 0 Å². The molecule has 0 aliphatic carbocycles. The van der Waals surface area contributed by atoms with Gasteiger partial charge in [0.05, 0.1) is 18.8 Å². The van der Waals surface area contributed by atoms with Gasteiger partial charge in [0.15, 0.2) is 11.0 Å². The Bertz CT molecular complexity index is 951. The maximum absolute atomic E-state index is 12.3. The summed E-state index contributed by atoms with van der Waals surface area (Å²) in [6.45, 7) is 3.59. The van der Waals surface area contributed by atoms with Gasteiger partial charge in [-0.3, -0.25) is 9.78 Å². The molecule has 3 aromatic rings. The highest BCUT2D eigenvalue weighted by atomic mass is 32.2. The van der Waals surface area contributed by atoms with Crippen LogP contribution in [0.1, 0.15) is 18.4 Å². The monoisotopic (exact) mass is 409 g/mol. The summed E-state index contributed by atoms with van der Waals surface area (Å²) in [7, 11) is 1.90. The second kappa shape index (κ2) is 9.19. The fraction of sp³-hybridized carbons (Fsp3) is 0.333. The number of nitrogens with zero attached hydrogens (tertiary/aromatic N) is 4. The standard InChI is InChI=1S/C21H24N6OS/c1-26-20(17-8-10-22-11-9-17)24-25-21(26)29-15-19(28)23-18-6-4-16(5-7-18)14-27-12-2-3-13-27/h4-11H,2-3,12-15H2,1H3,(H,23,28)/p+1. The molecule has 7 nitrogen and oxygen atoms in total. The molecule has 0 unspecified atom stereocenters. The average molecular weight is 410 g/mol. The van der Waals surface area contributed by atoms with E-state index in [0.29, 0.717) is 5.16 Å². The molecule has 2 N–H and O–H groups in total. The van der Waals surface area contributed by atoms with E-state index in [-0.39, 0.29) is 11.7 Å². The molecule has 2 aromatic heterocycles. The Morgan fingerprint density at radius 2 is 1.83 bits per heavy atom. The number of benzene rings is 1. The van der Waals surface area contributed by atoms with Gasteiger partial charge < -0.3 is 14.8 Å². The normalized spacial score (nSPS) is 14.2. The van der Waals surface area contributed by atoms with Crippen molar-refractivity contribution in [3.8, 4) is 11.4 Å². The molecule has 0 radical (unpaired) electrons. The van der Waals surface area contributed by atoms with Crippen molar-refractivity contribution in [1.82, 2.24) is 19.7 Å². The van der Waals surface area contributed by atoms with Crippen LogP contribution in [0.4, 0.5) is 5.69 Å². The zero-order valence-corrected chi connectivity index (χ0v) is 17.3. The van der Waals surface area contributed by atoms with Crippen molar-refractivity contribution >= 4 is 23.4 Å². The van der Waals surface area contributed by atoms with Gasteiger partial charge in [0.2, 0.25) is 5.91 Å². The summed E-state index contributed by atoms with van der Waals surface area (Å²) in [5, 5.41) is 12.1. The number of hydrogen-bond acceptors (Lipinski definition) is 5. The zero-order chi connectivity index (χ0) is 20.1. The van der Waals surface area contributed by atoms with Crippen LogP contribution in [0.15, 0.2) is 53.9 Å². The van der Waals surface area contributed by atoms with Gasteiger partial charge in [-0.1, -0.05) is 23.9 Å².